The first-order valence-electron chi connectivity index (χ1n) is 6.61. The Balaban J connectivity index is 2.47. The summed E-state index contributed by atoms with van der Waals surface area (Å²) in [5.41, 5.74) is 0.891. The van der Waals surface area contributed by atoms with Crippen LogP contribution in [0.25, 0.3) is 10.2 Å². The predicted molar refractivity (Wildman–Crippen MR) is 93.1 cm³/mol. The van der Waals surface area contributed by atoms with Crippen molar-refractivity contribution < 1.29 is 13.2 Å². The minimum absolute atomic E-state index is 0.304. The van der Waals surface area contributed by atoms with Crippen molar-refractivity contribution in [2.24, 2.45) is 4.99 Å². The van der Waals surface area contributed by atoms with E-state index in [0.717, 1.165) is 20.8 Å². The molecule has 9 heteroatoms. The molecule has 6 nitrogen and oxygen atoms in total. The summed E-state index contributed by atoms with van der Waals surface area (Å²) in [6, 6.07) is 5.41. The number of nitrogens with zero attached hydrogens (tertiary/aromatic N) is 3. The fraction of sp³-hybridized carbons (Fsp3) is 0.286. The van der Waals surface area contributed by atoms with Gasteiger partial charge in [0.1, 0.15) is 0 Å². The highest BCUT2D eigenvalue weighted by molar-refractivity contribution is 7.88. The maximum Gasteiger partial charge on any atom is 0.263 e. The van der Waals surface area contributed by atoms with E-state index >= 15 is 0 Å². The number of hydrogen-bond acceptors (Lipinski definition) is 4. The van der Waals surface area contributed by atoms with Gasteiger partial charge in [0.05, 0.1) is 23.0 Å². The number of benzene rings is 1. The third-order valence-corrected chi connectivity index (χ3v) is 5.64. The molecule has 0 N–H and O–H groups in total. The summed E-state index contributed by atoms with van der Waals surface area (Å²) in [6.45, 7) is 3.88. The Morgan fingerprint density at radius 2 is 2.22 bits per heavy atom. The fourth-order valence-corrected chi connectivity index (χ4v) is 3.57. The molecule has 1 aromatic heterocycles. The van der Waals surface area contributed by atoms with Gasteiger partial charge in [-0.05, 0) is 18.2 Å². The number of fused-ring (bicyclic) bond motifs is 1. The van der Waals surface area contributed by atoms with E-state index in [1.807, 2.05) is 10.6 Å². The molecule has 0 aliphatic rings. The molecule has 0 aliphatic heterocycles. The first kappa shape index (κ1) is 17.9. The molecule has 2 rings (SSSR count). The van der Waals surface area contributed by atoms with E-state index in [9.17, 15) is 13.2 Å². The number of aromatic nitrogens is 1. The van der Waals surface area contributed by atoms with Crippen molar-refractivity contribution in [3.8, 4) is 0 Å². The summed E-state index contributed by atoms with van der Waals surface area (Å²) in [5, 5.41) is 0.596. The van der Waals surface area contributed by atoms with Crippen LogP contribution >= 0.6 is 22.9 Å². The molecule has 0 saturated heterocycles. The van der Waals surface area contributed by atoms with E-state index < -0.39 is 15.9 Å². The van der Waals surface area contributed by atoms with Gasteiger partial charge in [0.2, 0.25) is 10.0 Å². The van der Waals surface area contributed by atoms with E-state index in [4.69, 9.17) is 11.6 Å². The minimum Gasteiger partial charge on any atom is -0.313 e. The average Bonchev–Trinajstić information content (AvgIpc) is 2.75. The SMILES string of the molecule is C=CCn1c(=NC(=O)CN(C)S(C)(=O)=O)sc2cc(Cl)ccc21. The van der Waals surface area contributed by atoms with Crippen LogP contribution in [-0.2, 0) is 21.4 Å². The molecule has 0 fully saturated rings. The lowest BCUT2D eigenvalue weighted by Gasteiger charge is -2.10. The molecule has 0 radical (unpaired) electrons. The van der Waals surface area contributed by atoms with Crippen LogP contribution in [0.15, 0.2) is 35.8 Å². The van der Waals surface area contributed by atoms with E-state index in [-0.39, 0.29) is 6.54 Å². The summed E-state index contributed by atoms with van der Waals surface area (Å²) >= 11 is 7.30. The summed E-state index contributed by atoms with van der Waals surface area (Å²) in [6.07, 6.45) is 2.74. The Kier molecular flexibility index (Phi) is 5.41. The Labute approximate surface area is 143 Å². The third kappa shape index (κ3) is 4.29. The first-order valence-corrected chi connectivity index (χ1v) is 9.65. The number of sulfonamides is 1. The molecule has 1 aromatic carbocycles. The van der Waals surface area contributed by atoms with Gasteiger partial charge < -0.3 is 4.57 Å². The van der Waals surface area contributed by atoms with Gasteiger partial charge in [-0.2, -0.15) is 9.30 Å². The molecule has 124 valence electrons. The second-order valence-electron chi connectivity index (χ2n) is 4.92. The van der Waals surface area contributed by atoms with Crippen molar-refractivity contribution in [3.63, 3.8) is 0 Å². The van der Waals surface area contributed by atoms with Gasteiger partial charge in [-0.15, -0.1) is 6.58 Å². The molecular formula is C14H16ClN3O3S2. The normalized spacial score (nSPS) is 13.0. The van der Waals surface area contributed by atoms with Crippen LogP contribution in [0.4, 0.5) is 0 Å². The van der Waals surface area contributed by atoms with Crippen molar-refractivity contribution in [1.82, 2.24) is 8.87 Å². The first-order chi connectivity index (χ1) is 10.7. The van der Waals surface area contributed by atoms with Crippen molar-refractivity contribution in [2.75, 3.05) is 19.8 Å². The maximum atomic E-state index is 12.0. The Bertz CT molecular complexity index is 928. The van der Waals surface area contributed by atoms with Gasteiger partial charge in [-0.25, -0.2) is 8.42 Å². The minimum atomic E-state index is -3.43. The van der Waals surface area contributed by atoms with Gasteiger partial charge in [-0.3, -0.25) is 4.79 Å². The quantitative estimate of drug-likeness (QED) is 0.751. The van der Waals surface area contributed by atoms with Gasteiger partial charge in [0.15, 0.2) is 4.80 Å². The largest absolute Gasteiger partial charge is 0.313 e. The van der Waals surface area contributed by atoms with Gasteiger partial charge in [-0.1, -0.05) is 29.0 Å². The molecule has 0 unspecified atom stereocenters. The zero-order valence-electron chi connectivity index (χ0n) is 12.7. The van der Waals surface area contributed by atoms with Crippen LogP contribution in [0.2, 0.25) is 5.02 Å². The average molecular weight is 374 g/mol. The summed E-state index contributed by atoms with van der Waals surface area (Å²) in [4.78, 5) is 16.6. The number of halogens is 1. The topological polar surface area (TPSA) is 71.7 Å². The highest BCUT2D eigenvalue weighted by Gasteiger charge is 2.15. The Hall–Kier alpha value is -1.48. The van der Waals surface area contributed by atoms with Crippen LogP contribution in [-0.4, -0.2) is 43.0 Å². The van der Waals surface area contributed by atoms with Gasteiger partial charge in [0.25, 0.3) is 5.91 Å². The lowest BCUT2D eigenvalue weighted by Crippen LogP contribution is -2.31. The second kappa shape index (κ2) is 6.96. The number of likely N-dealkylation sites (N-methyl/N-ethyl adjacent to an activating group) is 1. The van der Waals surface area contributed by atoms with Crippen LogP contribution in [0.1, 0.15) is 0 Å². The molecule has 23 heavy (non-hydrogen) atoms. The van der Waals surface area contributed by atoms with Crippen molar-refractivity contribution >= 4 is 49.1 Å². The molecule has 0 saturated carbocycles. The summed E-state index contributed by atoms with van der Waals surface area (Å²) in [7, 11) is -2.09. The molecule has 0 aliphatic carbocycles. The third-order valence-electron chi connectivity index (χ3n) is 3.10. The van der Waals surface area contributed by atoms with E-state index in [2.05, 4.69) is 11.6 Å². The van der Waals surface area contributed by atoms with Gasteiger partial charge in [0, 0.05) is 18.6 Å². The zero-order chi connectivity index (χ0) is 17.2. The predicted octanol–water partition coefficient (Wildman–Crippen LogP) is 1.86. The molecule has 0 atom stereocenters. The smallest absolute Gasteiger partial charge is 0.263 e. The van der Waals surface area contributed by atoms with E-state index in [1.165, 1.54) is 18.4 Å². The monoisotopic (exact) mass is 373 g/mol. The lowest BCUT2D eigenvalue weighted by molar-refractivity contribution is -0.118. The molecule has 2 aromatic rings. The standard InChI is InChI=1S/C14H16ClN3O3S2/c1-4-7-18-11-6-5-10(15)8-12(11)22-14(18)16-13(19)9-17(2)23(3,20)21/h4-6,8H,1,7,9H2,2-3H3. The highest BCUT2D eigenvalue weighted by Crippen LogP contribution is 2.21. The van der Waals surface area contributed by atoms with Crippen LogP contribution < -0.4 is 4.80 Å². The van der Waals surface area contributed by atoms with Crippen LogP contribution in [0, 0.1) is 0 Å². The molecule has 1 heterocycles. The molecular weight excluding hydrogens is 358 g/mol. The summed E-state index contributed by atoms with van der Waals surface area (Å²) in [5.74, 6) is -0.534. The fourth-order valence-electron chi connectivity index (χ4n) is 1.89. The summed E-state index contributed by atoms with van der Waals surface area (Å²) < 4.78 is 26.4. The van der Waals surface area contributed by atoms with Crippen molar-refractivity contribution in [1.29, 1.82) is 0 Å². The zero-order valence-corrected chi connectivity index (χ0v) is 15.1. The number of carbonyl (C=O) groups excluding carboxylic acids is 1. The Morgan fingerprint density at radius 3 is 2.83 bits per heavy atom. The van der Waals surface area contributed by atoms with E-state index in [1.54, 1.807) is 18.2 Å². The number of amides is 1. The number of rotatable bonds is 5. The van der Waals surface area contributed by atoms with E-state index in [0.29, 0.717) is 16.4 Å². The molecule has 1 amide bonds. The molecule has 0 spiro atoms. The number of allylic oxidation sites excluding steroid dienone is 1. The number of thiazole rings is 1. The van der Waals surface area contributed by atoms with Crippen LogP contribution in [0.5, 0.6) is 0 Å². The number of hydrogen-bond donors (Lipinski definition) is 0. The lowest BCUT2D eigenvalue weighted by atomic mass is 10.3. The van der Waals surface area contributed by atoms with Crippen molar-refractivity contribution in [3.05, 3.63) is 40.7 Å². The highest BCUT2D eigenvalue weighted by atomic mass is 35.5. The molecule has 0 bridgehead atoms. The number of carbonyl (C=O) groups is 1. The van der Waals surface area contributed by atoms with Gasteiger partial charge >= 0.3 is 0 Å². The Morgan fingerprint density at radius 1 is 1.52 bits per heavy atom. The van der Waals surface area contributed by atoms with Crippen LogP contribution in [0.3, 0.4) is 0 Å². The maximum absolute atomic E-state index is 12.0. The van der Waals surface area contributed by atoms with Crippen molar-refractivity contribution in [2.45, 2.75) is 6.54 Å². The second-order valence-corrected chi connectivity index (χ2v) is 8.46.